The van der Waals surface area contributed by atoms with Crippen LogP contribution >= 0.6 is 23.5 Å². The summed E-state index contributed by atoms with van der Waals surface area (Å²) < 4.78 is 5.78. The van der Waals surface area contributed by atoms with Crippen LogP contribution in [0.1, 0.15) is 24.5 Å². The van der Waals surface area contributed by atoms with Crippen molar-refractivity contribution in [1.29, 1.82) is 0 Å². The summed E-state index contributed by atoms with van der Waals surface area (Å²) in [6.07, 6.45) is 2.38. The topological polar surface area (TPSA) is 29.5 Å². The zero-order valence-corrected chi connectivity index (χ0v) is 11.9. The lowest BCUT2D eigenvalue weighted by Crippen LogP contribution is -2.22. The van der Waals surface area contributed by atoms with Crippen LogP contribution in [0.25, 0.3) is 0 Å². The molecular weight excluding hydrogens is 264 g/mol. The van der Waals surface area contributed by atoms with E-state index >= 15 is 0 Å². The fourth-order valence-corrected chi connectivity index (χ4v) is 4.81. The lowest BCUT2D eigenvalue weighted by molar-refractivity contribution is 0.180. The molecule has 0 bridgehead atoms. The number of hydrogen-bond donors (Lipinski definition) is 1. The monoisotopic (exact) mass is 282 g/mol. The van der Waals surface area contributed by atoms with Crippen LogP contribution in [0.3, 0.4) is 0 Å². The van der Waals surface area contributed by atoms with Gasteiger partial charge in [-0.25, -0.2) is 0 Å². The molecular formula is C14H18O2S2. The highest BCUT2D eigenvalue weighted by Gasteiger charge is 2.26. The molecule has 2 fully saturated rings. The molecule has 2 nitrogen and oxygen atoms in total. The Morgan fingerprint density at radius 2 is 2.17 bits per heavy atom. The number of aliphatic hydroxyl groups excluding tert-OH is 1. The summed E-state index contributed by atoms with van der Waals surface area (Å²) >= 11 is 3.83. The number of aliphatic hydroxyl groups is 1. The minimum atomic E-state index is -0.370. The molecule has 1 aliphatic heterocycles. The minimum absolute atomic E-state index is 0.319. The van der Waals surface area contributed by atoms with Gasteiger partial charge in [0.15, 0.2) is 0 Å². The van der Waals surface area contributed by atoms with E-state index in [9.17, 15) is 5.11 Å². The molecule has 1 aromatic carbocycles. The third kappa shape index (κ3) is 3.16. The Bertz CT molecular complexity index is 401. The van der Waals surface area contributed by atoms with Crippen molar-refractivity contribution in [1.82, 2.24) is 0 Å². The fraction of sp³-hybridized carbons (Fsp3) is 0.571. The molecule has 2 aliphatic rings. The van der Waals surface area contributed by atoms with Gasteiger partial charge in [0.1, 0.15) is 5.75 Å². The van der Waals surface area contributed by atoms with Gasteiger partial charge in [0.2, 0.25) is 0 Å². The molecule has 1 saturated heterocycles. The zero-order valence-electron chi connectivity index (χ0n) is 10.2. The number of benzene rings is 1. The van der Waals surface area contributed by atoms with E-state index in [1.54, 1.807) is 0 Å². The van der Waals surface area contributed by atoms with Gasteiger partial charge in [-0.2, -0.15) is 23.5 Å². The molecule has 0 amide bonds. The van der Waals surface area contributed by atoms with Gasteiger partial charge in [0.05, 0.1) is 12.2 Å². The van der Waals surface area contributed by atoms with Crippen LogP contribution in [-0.2, 0) is 0 Å². The Kier molecular flexibility index (Phi) is 4.07. The van der Waals surface area contributed by atoms with Crippen molar-refractivity contribution in [3.05, 3.63) is 29.8 Å². The highest BCUT2D eigenvalue weighted by molar-refractivity contribution is 8.06. The molecule has 18 heavy (non-hydrogen) atoms. The second kappa shape index (κ2) is 5.76. The van der Waals surface area contributed by atoms with Crippen molar-refractivity contribution >= 4 is 23.5 Å². The van der Waals surface area contributed by atoms with Crippen molar-refractivity contribution in [2.24, 2.45) is 0 Å². The largest absolute Gasteiger partial charge is 0.490 e. The van der Waals surface area contributed by atoms with E-state index in [0.29, 0.717) is 11.4 Å². The average molecular weight is 282 g/mol. The quantitative estimate of drug-likeness (QED) is 0.919. The fourth-order valence-electron chi connectivity index (χ4n) is 2.05. The first-order valence-corrected chi connectivity index (χ1v) is 8.67. The smallest absolute Gasteiger partial charge is 0.120 e. The molecule has 0 radical (unpaired) electrons. The van der Waals surface area contributed by atoms with Crippen molar-refractivity contribution in [2.45, 2.75) is 30.3 Å². The van der Waals surface area contributed by atoms with Crippen LogP contribution in [0.5, 0.6) is 5.75 Å². The van der Waals surface area contributed by atoms with Gasteiger partial charge in [-0.1, -0.05) is 12.1 Å². The second-order valence-corrected chi connectivity index (χ2v) is 7.32. The highest BCUT2D eigenvalue weighted by atomic mass is 32.2. The van der Waals surface area contributed by atoms with Gasteiger partial charge in [-0.05, 0) is 30.5 Å². The van der Waals surface area contributed by atoms with Crippen molar-refractivity contribution in [3.8, 4) is 5.75 Å². The van der Waals surface area contributed by atoms with E-state index in [2.05, 4.69) is 0 Å². The Morgan fingerprint density at radius 1 is 1.28 bits per heavy atom. The Labute approximate surface area is 116 Å². The molecule has 98 valence electrons. The predicted molar refractivity (Wildman–Crippen MR) is 78.6 cm³/mol. The first-order chi connectivity index (χ1) is 8.83. The van der Waals surface area contributed by atoms with Crippen LogP contribution in [0, 0.1) is 0 Å². The molecule has 1 aliphatic carbocycles. The summed E-state index contributed by atoms with van der Waals surface area (Å²) in [7, 11) is 0. The zero-order chi connectivity index (χ0) is 12.4. The lowest BCUT2D eigenvalue weighted by atomic mass is 10.1. The molecule has 1 N–H and O–H groups in total. The summed E-state index contributed by atoms with van der Waals surface area (Å²) in [5.74, 6) is 4.30. The number of ether oxygens (including phenoxy) is 1. The lowest BCUT2D eigenvalue weighted by Gasteiger charge is -2.26. The van der Waals surface area contributed by atoms with Crippen molar-refractivity contribution < 1.29 is 9.84 Å². The average Bonchev–Trinajstić information content (AvgIpc) is 3.23. The molecule has 2 atom stereocenters. The summed E-state index contributed by atoms with van der Waals surface area (Å²) in [6, 6.07) is 7.97. The predicted octanol–water partition coefficient (Wildman–Crippen LogP) is 3.11. The van der Waals surface area contributed by atoms with Crippen LogP contribution in [0.2, 0.25) is 0 Å². The minimum Gasteiger partial charge on any atom is -0.490 e. The normalized spacial score (nSPS) is 25.7. The van der Waals surface area contributed by atoms with Crippen molar-refractivity contribution in [2.75, 3.05) is 17.3 Å². The standard InChI is InChI=1S/C14H18O2S2/c15-14(13-9-17-6-7-18-13)10-2-1-3-12(8-10)16-11-4-5-11/h1-3,8,11,13-15H,4-7,9H2. The van der Waals surface area contributed by atoms with E-state index in [4.69, 9.17) is 4.74 Å². The van der Waals surface area contributed by atoms with Gasteiger partial charge in [-0.15, -0.1) is 0 Å². The molecule has 3 rings (SSSR count). The van der Waals surface area contributed by atoms with E-state index in [1.165, 1.54) is 18.6 Å². The Morgan fingerprint density at radius 3 is 2.89 bits per heavy atom. The maximum Gasteiger partial charge on any atom is 0.120 e. The molecule has 1 heterocycles. The second-order valence-electron chi connectivity index (χ2n) is 4.82. The first kappa shape index (κ1) is 12.7. The highest BCUT2D eigenvalue weighted by Crippen LogP contribution is 2.35. The van der Waals surface area contributed by atoms with Gasteiger partial charge in [0.25, 0.3) is 0 Å². The van der Waals surface area contributed by atoms with Crippen LogP contribution in [0.4, 0.5) is 0 Å². The van der Waals surface area contributed by atoms with E-state index in [-0.39, 0.29) is 6.10 Å². The molecule has 4 heteroatoms. The number of hydrogen-bond acceptors (Lipinski definition) is 4. The summed E-state index contributed by atoms with van der Waals surface area (Å²) in [5.41, 5.74) is 0.994. The van der Waals surface area contributed by atoms with E-state index < -0.39 is 0 Å². The maximum absolute atomic E-state index is 10.4. The molecule has 0 aromatic heterocycles. The summed E-state index contributed by atoms with van der Waals surface area (Å²) in [5, 5.41) is 10.7. The Hall–Kier alpha value is -0.320. The van der Waals surface area contributed by atoms with Gasteiger partial charge in [-0.3, -0.25) is 0 Å². The van der Waals surface area contributed by atoms with Gasteiger partial charge < -0.3 is 9.84 Å². The first-order valence-electron chi connectivity index (χ1n) is 6.47. The number of rotatable bonds is 4. The van der Waals surface area contributed by atoms with Crippen LogP contribution < -0.4 is 4.74 Å². The number of thioether (sulfide) groups is 2. The Balaban J connectivity index is 1.69. The van der Waals surface area contributed by atoms with Crippen LogP contribution in [-0.4, -0.2) is 33.7 Å². The maximum atomic E-state index is 10.4. The third-order valence-corrected chi connectivity index (χ3v) is 6.07. The van der Waals surface area contributed by atoms with Gasteiger partial charge >= 0.3 is 0 Å². The van der Waals surface area contributed by atoms with Crippen molar-refractivity contribution in [3.63, 3.8) is 0 Å². The van der Waals surface area contributed by atoms with Gasteiger partial charge in [0, 0.05) is 22.5 Å². The summed E-state index contributed by atoms with van der Waals surface area (Å²) in [6.45, 7) is 0. The third-order valence-electron chi connectivity index (χ3n) is 3.22. The SMILES string of the molecule is OC(c1cccc(OC2CC2)c1)C1CSCCS1. The molecule has 1 aromatic rings. The molecule has 2 unspecified atom stereocenters. The van der Waals surface area contributed by atoms with E-state index in [0.717, 1.165) is 22.8 Å². The molecule has 0 spiro atoms. The molecule has 1 saturated carbocycles. The van der Waals surface area contributed by atoms with E-state index in [1.807, 2.05) is 47.8 Å². The summed E-state index contributed by atoms with van der Waals surface area (Å²) in [4.78, 5) is 0. The van der Waals surface area contributed by atoms with Crippen LogP contribution in [0.15, 0.2) is 24.3 Å².